The third-order valence-corrected chi connectivity index (χ3v) is 7.06. The SMILES string of the molecule is CC1(C)CCC(C)(C)c2cc3c(cc21)Nc1ccccc1N=C3c1ccc(C(=O)O)cc1. The summed E-state index contributed by atoms with van der Waals surface area (Å²) in [5.74, 6) is -0.926. The summed E-state index contributed by atoms with van der Waals surface area (Å²) in [5, 5.41) is 13.0. The Morgan fingerprint density at radius 1 is 0.875 bits per heavy atom. The van der Waals surface area contributed by atoms with E-state index in [1.54, 1.807) is 12.1 Å². The number of anilines is 2. The van der Waals surface area contributed by atoms with Crippen molar-refractivity contribution in [1.82, 2.24) is 0 Å². The number of nitrogens with zero attached hydrogens (tertiary/aromatic N) is 1. The molecule has 162 valence electrons. The first-order valence-electron chi connectivity index (χ1n) is 11.1. The normalized spacial score (nSPS) is 17.7. The Balaban J connectivity index is 1.78. The number of para-hydroxylation sites is 2. The molecule has 1 aliphatic carbocycles. The number of carbonyl (C=O) groups is 1. The summed E-state index contributed by atoms with van der Waals surface area (Å²) in [6.07, 6.45) is 2.29. The summed E-state index contributed by atoms with van der Waals surface area (Å²) in [4.78, 5) is 16.4. The molecule has 0 radical (unpaired) electrons. The molecule has 1 aliphatic heterocycles. The highest BCUT2D eigenvalue weighted by Crippen LogP contribution is 2.48. The molecular formula is C28H28N2O2. The summed E-state index contributed by atoms with van der Waals surface area (Å²) < 4.78 is 0. The van der Waals surface area contributed by atoms with E-state index in [1.165, 1.54) is 11.1 Å². The maximum absolute atomic E-state index is 11.4. The average Bonchev–Trinajstić information content (AvgIpc) is 2.92. The number of nitrogens with one attached hydrogen (secondary N) is 1. The Labute approximate surface area is 189 Å². The van der Waals surface area contributed by atoms with Crippen LogP contribution in [0.25, 0.3) is 0 Å². The van der Waals surface area contributed by atoms with Crippen molar-refractivity contribution in [2.45, 2.75) is 51.4 Å². The van der Waals surface area contributed by atoms with Gasteiger partial charge < -0.3 is 10.4 Å². The summed E-state index contributed by atoms with van der Waals surface area (Å²) in [6, 6.07) is 19.7. The van der Waals surface area contributed by atoms with Gasteiger partial charge in [0.1, 0.15) is 0 Å². The van der Waals surface area contributed by atoms with E-state index in [4.69, 9.17) is 4.99 Å². The number of hydrogen-bond donors (Lipinski definition) is 2. The van der Waals surface area contributed by atoms with Crippen molar-refractivity contribution in [1.29, 1.82) is 0 Å². The van der Waals surface area contributed by atoms with E-state index >= 15 is 0 Å². The van der Waals surface area contributed by atoms with Crippen LogP contribution in [0.5, 0.6) is 0 Å². The van der Waals surface area contributed by atoms with Crippen molar-refractivity contribution >= 4 is 28.7 Å². The second-order valence-electron chi connectivity index (χ2n) is 10.2. The molecule has 0 unspecified atom stereocenters. The highest BCUT2D eigenvalue weighted by Gasteiger charge is 2.38. The molecule has 3 aromatic carbocycles. The first kappa shape index (κ1) is 20.5. The quantitative estimate of drug-likeness (QED) is 0.366. The van der Waals surface area contributed by atoms with Gasteiger partial charge in [0.2, 0.25) is 0 Å². The van der Waals surface area contributed by atoms with Gasteiger partial charge in [0.05, 0.1) is 22.6 Å². The number of carboxylic acids is 1. The molecular weight excluding hydrogens is 396 g/mol. The Morgan fingerprint density at radius 3 is 2.16 bits per heavy atom. The molecule has 0 amide bonds. The molecule has 0 spiro atoms. The first-order valence-corrected chi connectivity index (χ1v) is 11.1. The molecule has 0 bridgehead atoms. The number of aliphatic imine (C=N–C) groups is 1. The van der Waals surface area contributed by atoms with Gasteiger partial charge in [-0.25, -0.2) is 9.79 Å². The maximum Gasteiger partial charge on any atom is 0.335 e. The van der Waals surface area contributed by atoms with Crippen molar-refractivity contribution < 1.29 is 9.90 Å². The minimum Gasteiger partial charge on any atom is -0.478 e. The number of carboxylic acid groups (broad SMARTS) is 1. The van der Waals surface area contributed by atoms with Gasteiger partial charge in [0, 0.05) is 16.8 Å². The third kappa shape index (κ3) is 3.31. The van der Waals surface area contributed by atoms with E-state index in [-0.39, 0.29) is 16.4 Å². The average molecular weight is 425 g/mol. The van der Waals surface area contributed by atoms with E-state index in [0.717, 1.165) is 46.7 Å². The molecule has 2 N–H and O–H groups in total. The van der Waals surface area contributed by atoms with Gasteiger partial charge in [-0.15, -0.1) is 0 Å². The van der Waals surface area contributed by atoms with Crippen molar-refractivity contribution in [2.75, 3.05) is 5.32 Å². The first-order chi connectivity index (χ1) is 15.2. The minimum absolute atomic E-state index is 0.0807. The van der Waals surface area contributed by atoms with E-state index in [2.05, 4.69) is 45.1 Å². The van der Waals surface area contributed by atoms with Gasteiger partial charge in [0.25, 0.3) is 0 Å². The van der Waals surface area contributed by atoms with Crippen LogP contribution in [0.15, 0.2) is 65.7 Å². The molecule has 32 heavy (non-hydrogen) atoms. The van der Waals surface area contributed by atoms with Gasteiger partial charge in [0.15, 0.2) is 0 Å². The smallest absolute Gasteiger partial charge is 0.335 e. The maximum atomic E-state index is 11.4. The highest BCUT2D eigenvalue weighted by molar-refractivity contribution is 6.19. The van der Waals surface area contributed by atoms with Crippen LogP contribution in [0.4, 0.5) is 17.1 Å². The standard InChI is InChI=1S/C28H28N2O2/c1-27(2)13-14-28(3,4)21-16-24-19(15-20(21)27)25(17-9-11-18(12-10-17)26(31)32)30-23-8-6-5-7-22(23)29-24/h5-12,15-16,29H,13-14H2,1-4H3,(H,31,32). The Bertz CT molecular complexity index is 1270. The summed E-state index contributed by atoms with van der Waals surface area (Å²) in [7, 11) is 0. The van der Waals surface area contributed by atoms with E-state index < -0.39 is 5.97 Å². The molecule has 2 aliphatic rings. The summed E-state index contributed by atoms with van der Waals surface area (Å²) in [6.45, 7) is 9.31. The Kier molecular flexibility index (Phi) is 4.52. The van der Waals surface area contributed by atoms with Crippen molar-refractivity contribution in [2.24, 2.45) is 4.99 Å². The zero-order chi connectivity index (χ0) is 22.7. The predicted octanol–water partition coefficient (Wildman–Crippen LogP) is 6.96. The van der Waals surface area contributed by atoms with Crippen LogP contribution < -0.4 is 5.32 Å². The zero-order valence-corrected chi connectivity index (χ0v) is 19.0. The lowest BCUT2D eigenvalue weighted by atomic mass is 9.62. The van der Waals surface area contributed by atoms with Gasteiger partial charge in [-0.05, 0) is 71.2 Å². The second kappa shape index (κ2) is 7.06. The number of fused-ring (bicyclic) bond motifs is 3. The van der Waals surface area contributed by atoms with Gasteiger partial charge in [-0.3, -0.25) is 0 Å². The molecule has 0 fully saturated rings. The number of benzene rings is 3. The molecule has 0 saturated heterocycles. The molecule has 4 nitrogen and oxygen atoms in total. The molecule has 1 heterocycles. The molecule has 0 saturated carbocycles. The van der Waals surface area contributed by atoms with E-state index in [9.17, 15) is 9.90 Å². The Morgan fingerprint density at radius 2 is 1.50 bits per heavy atom. The fraction of sp³-hybridized carbons (Fsp3) is 0.286. The highest BCUT2D eigenvalue weighted by atomic mass is 16.4. The van der Waals surface area contributed by atoms with Crippen LogP contribution in [0.1, 0.15) is 73.1 Å². The van der Waals surface area contributed by atoms with Gasteiger partial charge in [-0.2, -0.15) is 0 Å². The number of rotatable bonds is 2. The predicted molar refractivity (Wildman–Crippen MR) is 130 cm³/mol. The third-order valence-electron chi connectivity index (χ3n) is 7.06. The van der Waals surface area contributed by atoms with E-state index in [0.29, 0.717) is 0 Å². The van der Waals surface area contributed by atoms with Crippen molar-refractivity contribution in [3.05, 3.63) is 88.5 Å². The summed E-state index contributed by atoms with van der Waals surface area (Å²) >= 11 is 0. The lowest BCUT2D eigenvalue weighted by Gasteiger charge is -2.42. The van der Waals surface area contributed by atoms with Crippen LogP contribution in [-0.2, 0) is 10.8 Å². The number of aromatic carboxylic acids is 1. The molecule has 0 atom stereocenters. The lowest BCUT2D eigenvalue weighted by Crippen LogP contribution is -2.34. The molecule has 3 aromatic rings. The molecule has 0 aromatic heterocycles. The van der Waals surface area contributed by atoms with Crippen LogP contribution in [-0.4, -0.2) is 16.8 Å². The van der Waals surface area contributed by atoms with Crippen LogP contribution in [0.3, 0.4) is 0 Å². The Hall–Kier alpha value is -3.40. The fourth-order valence-electron chi connectivity index (χ4n) is 4.91. The van der Waals surface area contributed by atoms with Crippen LogP contribution in [0.2, 0.25) is 0 Å². The zero-order valence-electron chi connectivity index (χ0n) is 19.0. The molecule has 4 heteroatoms. The monoisotopic (exact) mass is 424 g/mol. The van der Waals surface area contributed by atoms with Gasteiger partial charge >= 0.3 is 5.97 Å². The second-order valence-corrected chi connectivity index (χ2v) is 10.2. The van der Waals surface area contributed by atoms with Gasteiger partial charge in [-0.1, -0.05) is 52.0 Å². The topological polar surface area (TPSA) is 61.7 Å². The summed E-state index contributed by atoms with van der Waals surface area (Å²) in [5.41, 5.74) is 8.92. The van der Waals surface area contributed by atoms with E-state index in [1.807, 2.05) is 36.4 Å². The largest absolute Gasteiger partial charge is 0.478 e. The minimum atomic E-state index is -0.926. The molecule has 5 rings (SSSR count). The lowest BCUT2D eigenvalue weighted by molar-refractivity contribution is 0.0697. The van der Waals surface area contributed by atoms with Crippen LogP contribution in [0, 0.1) is 0 Å². The van der Waals surface area contributed by atoms with Crippen LogP contribution >= 0.6 is 0 Å². The number of hydrogen-bond acceptors (Lipinski definition) is 3. The van der Waals surface area contributed by atoms with Crippen molar-refractivity contribution in [3.63, 3.8) is 0 Å². The fourth-order valence-corrected chi connectivity index (χ4v) is 4.91. The van der Waals surface area contributed by atoms with Crippen molar-refractivity contribution in [3.8, 4) is 0 Å².